The zero-order valence-corrected chi connectivity index (χ0v) is 7.67. The van der Waals surface area contributed by atoms with Crippen LogP contribution in [-0.2, 0) is 0 Å². The van der Waals surface area contributed by atoms with Crippen LogP contribution < -0.4 is 5.73 Å². The van der Waals surface area contributed by atoms with Crippen LogP contribution in [0.25, 0.3) is 4.91 Å². The van der Waals surface area contributed by atoms with Crippen molar-refractivity contribution >= 4 is 28.0 Å². The van der Waals surface area contributed by atoms with Gasteiger partial charge < -0.3 is 5.73 Å². The summed E-state index contributed by atoms with van der Waals surface area (Å²) < 4.78 is 0. The smallest absolute Gasteiger partial charge is 0.0630 e. The molecule has 0 saturated carbocycles. The summed E-state index contributed by atoms with van der Waals surface area (Å²) in [5, 5.41) is 2.60. The van der Waals surface area contributed by atoms with E-state index in [1.165, 1.54) is 11.8 Å². The molecule has 0 atom stereocenters. The van der Waals surface area contributed by atoms with Crippen LogP contribution in [0.4, 0.5) is 0 Å². The second-order valence-corrected chi connectivity index (χ2v) is 4.14. The van der Waals surface area contributed by atoms with Crippen LogP contribution in [0, 0.1) is 0 Å². The first kappa shape index (κ1) is 8.43. The zero-order valence-electron chi connectivity index (χ0n) is 6.04. The van der Waals surface area contributed by atoms with Gasteiger partial charge in [-0.15, -0.1) is 11.3 Å². The largest absolute Gasteiger partial charge is 0.394 e. The Morgan fingerprint density at radius 1 is 1.55 bits per heavy atom. The summed E-state index contributed by atoms with van der Waals surface area (Å²) in [5.74, 6) is 0. The summed E-state index contributed by atoms with van der Waals surface area (Å²) in [6, 6.07) is 4.01. The van der Waals surface area contributed by atoms with Crippen LogP contribution in [0.5, 0.6) is 0 Å². The van der Waals surface area contributed by atoms with Crippen LogP contribution in [0.2, 0.25) is 0 Å². The maximum atomic E-state index is 5.41. The molecule has 0 aliphatic carbocycles. The summed E-state index contributed by atoms with van der Waals surface area (Å²) in [6.07, 6.45) is 0. The fraction of sp³-hybridized carbons (Fsp3) is 0. The van der Waals surface area contributed by atoms with Gasteiger partial charge in [-0.2, -0.15) is 0 Å². The fourth-order valence-electron chi connectivity index (χ4n) is 0.646. The van der Waals surface area contributed by atoms with E-state index in [0.717, 1.165) is 9.78 Å². The van der Waals surface area contributed by atoms with E-state index in [9.17, 15) is 0 Å². The van der Waals surface area contributed by atoms with E-state index in [-0.39, 0.29) is 0 Å². The third-order valence-electron chi connectivity index (χ3n) is 1.05. The Kier molecular flexibility index (Phi) is 2.79. The average molecular weight is 183 g/mol. The molecule has 0 fully saturated rings. The fourth-order valence-corrected chi connectivity index (χ4v) is 1.99. The molecule has 0 aliphatic rings. The number of hydrogen-bond donors (Lipinski definition) is 1. The van der Waals surface area contributed by atoms with E-state index in [1.807, 2.05) is 17.5 Å². The summed E-state index contributed by atoms with van der Waals surface area (Å²) in [6.45, 7) is 7.46. The summed E-state index contributed by atoms with van der Waals surface area (Å²) in [5.41, 5.74) is 5.41. The topological polar surface area (TPSA) is 26.0 Å². The minimum Gasteiger partial charge on any atom is -0.394 e. The van der Waals surface area contributed by atoms with Crippen LogP contribution in [-0.4, -0.2) is 0 Å². The number of rotatable bonds is 3. The Morgan fingerprint density at radius 3 is 2.73 bits per heavy atom. The Balaban J connectivity index is 2.64. The third-order valence-corrected chi connectivity index (χ3v) is 2.84. The van der Waals surface area contributed by atoms with Gasteiger partial charge in [0.25, 0.3) is 0 Å². The Labute approximate surface area is 74.6 Å². The number of nitrogens with two attached hydrogens (primary N) is 1. The van der Waals surface area contributed by atoms with E-state index in [4.69, 9.17) is 5.73 Å². The molecular formula is C8H9NS2. The van der Waals surface area contributed by atoms with E-state index in [1.54, 1.807) is 11.3 Å². The molecule has 2 N–H and O–H groups in total. The maximum Gasteiger partial charge on any atom is 0.0630 e. The minimum atomic E-state index is 0.586. The van der Waals surface area contributed by atoms with Gasteiger partial charge in [-0.05, 0) is 11.4 Å². The van der Waals surface area contributed by atoms with Gasteiger partial charge in [0.1, 0.15) is 0 Å². The second-order valence-electron chi connectivity index (χ2n) is 1.97. The number of hydrogen-bond acceptors (Lipinski definition) is 3. The molecule has 0 spiro atoms. The van der Waals surface area contributed by atoms with Gasteiger partial charge in [-0.3, -0.25) is 0 Å². The van der Waals surface area contributed by atoms with Gasteiger partial charge in [0, 0.05) is 9.78 Å². The minimum absolute atomic E-state index is 0.586. The molecule has 0 bridgehead atoms. The number of thiophene rings is 1. The van der Waals surface area contributed by atoms with Crippen molar-refractivity contribution in [1.82, 2.24) is 0 Å². The molecule has 58 valence electrons. The lowest BCUT2D eigenvalue weighted by Crippen LogP contribution is -1.87. The molecule has 0 unspecified atom stereocenters. The number of thioether (sulfide) groups is 1. The highest BCUT2D eigenvalue weighted by Crippen LogP contribution is 2.31. The lowest BCUT2D eigenvalue weighted by molar-refractivity contribution is 1.59. The van der Waals surface area contributed by atoms with Gasteiger partial charge in [0.2, 0.25) is 0 Å². The van der Waals surface area contributed by atoms with E-state index in [0.29, 0.717) is 5.03 Å². The highest BCUT2D eigenvalue weighted by atomic mass is 32.2. The normalized spacial score (nSPS) is 9.45. The van der Waals surface area contributed by atoms with Crippen molar-refractivity contribution in [3.05, 3.63) is 40.6 Å². The van der Waals surface area contributed by atoms with Crippen molar-refractivity contribution < 1.29 is 0 Å². The lowest BCUT2D eigenvalue weighted by Gasteiger charge is -1.99. The third kappa shape index (κ3) is 2.44. The molecule has 1 aromatic rings. The van der Waals surface area contributed by atoms with Gasteiger partial charge in [-0.1, -0.05) is 31.0 Å². The van der Waals surface area contributed by atoms with Crippen molar-refractivity contribution in [2.45, 2.75) is 0 Å². The molecule has 11 heavy (non-hydrogen) atoms. The van der Waals surface area contributed by atoms with Gasteiger partial charge in [0.05, 0.1) is 5.03 Å². The quantitative estimate of drug-likeness (QED) is 0.779. The van der Waals surface area contributed by atoms with Gasteiger partial charge in [-0.25, -0.2) is 0 Å². The Bertz CT molecular complexity index is 262. The van der Waals surface area contributed by atoms with E-state index in [2.05, 4.69) is 13.2 Å². The lowest BCUT2D eigenvalue weighted by atomic mass is 10.5. The van der Waals surface area contributed by atoms with Crippen molar-refractivity contribution in [1.29, 1.82) is 0 Å². The Morgan fingerprint density at radius 2 is 2.27 bits per heavy atom. The summed E-state index contributed by atoms with van der Waals surface area (Å²) in [7, 11) is 0. The van der Waals surface area contributed by atoms with Crippen molar-refractivity contribution in [2.75, 3.05) is 0 Å². The average Bonchev–Trinajstić information content (AvgIpc) is 2.35. The molecule has 0 radical (unpaired) electrons. The molecule has 3 heteroatoms. The van der Waals surface area contributed by atoms with Crippen molar-refractivity contribution in [3.8, 4) is 0 Å². The van der Waals surface area contributed by atoms with Gasteiger partial charge >= 0.3 is 0 Å². The molecular weight excluding hydrogens is 174 g/mol. The van der Waals surface area contributed by atoms with Crippen LogP contribution in [0.15, 0.2) is 35.7 Å². The molecule has 1 heterocycles. The summed E-state index contributed by atoms with van der Waals surface area (Å²) >= 11 is 3.07. The highest BCUT2D eigenvalue weighted by molar-refractivity contribution is 8.11. The standard InChI is InChI=1S/C8H9NS2/c1-6(11-7(2)9)8-4-3-5-10-8/h3-5H,1-2,9H2. The monoisotopic (exact) mass is 183 g/mol. The second kappa shape index (κ2) is 3.64. The maximum absolute atomic E-state index is 5.41. The zero-order chi connectivity index (χ0) is 8.27. The first-order valence-electron chi connectivity index (χ1n) is 3.05. The van der Waals surface area contributed by atoms with Crippen molar-refractivity contribution in [2.24, 2.45) is 5.73 Å². The molecule has 0 aromatic carbocycles. The SMILES string of the molecule is C=C(N)SC(=C)c1cccs1. The van der Waals surface area contributed by atoms with Crippen LogP contribution in [0.3, 0.4) is 0 Å². The van der Waals surface area contributed by atoms with Crippen molar-refractivity contribution in [3.63, 3.8) is 0 Å². The van der Waals surface area contributed by atoms with Gasteiger partial charge in [0.15, 0.2) is 0 Å². The van der Waals surface area contributed by atoms with E-state index >= 15 is 0 Å². The molecule has 0 saturated heterocycles. The molecule has 0 amide bonds. The highest BCUT2D eigenvalue weighted by Gasteiger charge is 1.99. The Hall–Kier alpha value is -0.670. The predicted octanol–water partition coefficient (Wildman–Crippen LogP) is 2.88. The van der Waals surface area contributed by atoms with Crippen LogP contribution in [0.1, 0.15) is 4.88 Å². The first-order chi connectivity index (χ1) is 5.20. The molecule has 1 nitrogen and oxygen atoms in total. The first-order valence-corrected chi connectivity index (χ1v) is 4.75. The van der Waals surface area contributed by atoms with Crippen LogP contribution >= 0.6 is 23.1 Å². The molecule has 1 aromatic heterocycles. The molecule has 0 aliphatic heterocycles. The van der Waals surface area contributed by atoms with E-state index < -0.39 is 0 Å². The summed E-state index contributed by atoms with van der Waals surface area (Å²) in [4.78, 5) is 2.12. The molecule has 1 rings (SSSR count). The predicted molar refractivity (Wildman–Crippen MR) is 54.3 cm³/mol.